The van der Waals surface area contributed by atoms with Gasteiger partial charge in [0.15, 0.2) is 0 Å². The minimum absolute atomic E-state index is 0.215. The summed E-state index contributed by atoms with van der Waals surface area (Å²) >= 11 is 0. The smallest absolute Gasteiger partial charge is 0.307 e. The van der Waals surface area contributed by atoms with Gasteiger partial charge in [-0.05, 0) is 23.1 Å². The second-order valence-electron chi connectivity index (χ2n) is 7.19. The van der Waals surface area contributed by atoms with Crippen LogP contribution < -0.4 is 5.32 Å². The van der Waals surface area contributed by atoms with Crippen molar-refractivity contribution >= 4 is 17.6 Å². The highest BCUT2D eigenvalue weighted by Crippen LogP contribution is 2.58. The van der Waals surface area contributed by atoms with Crippen molar-refractivity contribution in [2.45, 2.75) is 20.4 Å². The number of carbonyl (C=O) groups is 2. The van der Waals surface area contributed by atoms with Crippen LogP contribution in [-0.2, 0) is 20.9 Å². The van der Waals surface area contributed by atoms with Crippen molar-refractivity contribution in [2.75, 3.05) is 31.6 Å². The molecule has 3 rings (SSSR count). The Balaban J connectivity index is 1.56. The molecular formula is C18H24N2O4. The summed E-state index contributed by atoms with van der Waals surface area (Å²) in [6.45, 7) is 7.93. The Morgan fingerprint density at radius 3 is 2.38 bits per heavy atom. The summed E-state index contributed by atoms with van der Waals surface area (Å²) in [5.74, 6) is -2.18. The van der Waals surface area contributed by atoms with Gasteiger partial charge in [-0.15, -0.1) is 0 Å². The van der Waals surface area contributed by atoms with E-state index in [2.05, 4.69) is 10.2 Å². The van der Waals surface area contributed by atoms with Gasteiger partial charge < -0.3 is 15.2 Å². The predicted octanol–water partition coefficient (Wildman–Crippen LogP) is 1.81. The Hall–Kier alpha value is -1.92. The number of amides is 1. The molecule has 2 aliphatic rings. The molecule has 0 aromatic heterocycles. The van der Waals surface area contributed by atoms with E-state index in [0.29, 0.717) is 5.69 Å². The Kier molecular flexibility index (Phi) is 4.60. The zero-order valence-corrected chi connectivity index (χ0v) is 14.1. The predicted molar refractivity (Wildman–Crippen MR) is 89.6 cm³/mol. The number of aliphatic carboxylic acids is 1. The van der Waals surface area contributed by atoms with Gasteiger partial charge in [0.05, 0.1) is 25.0 Å². The highest BCUT2D eigenvalue weighted by atomic mass is 16.5. The lowest BCUT2D eigenvalue weighted by molar-refractivity contribution is -0.140. The van der Waals surface area contributed by atoms with E-state index in [1.54, 1.807) is 0 Å². The first-order chi connectivity index (χ1) is 11.4. The van der Waals surface area contributed by atoms with Crippen molar-refractivity contribution in [3.63, 3.8) is 0 Å². The van der Waals surface area contributed by atoms with Crippen LogP contribution in [0.4, 0.5) is 5.69 Å². The van der Waals surface area contributed by atoms with Gasteiger partial charge >= 0.3 is 5.97 Å². The molecule has 1 saturated heterocycles. The number of hydrogen-bond acceptors (Lipinski definition) is 4. The number of morpholine rings is 1. The lowest BCUT2D eigenvalue weighted by Gasteiger charge is -2.26. The molecule has 1 aromatic carbocycles. The fraction of sp³-hybridized carbons (Fsp3) is 0.556. The summed E-state index contributed by atoms with van der Waals surface area (Å²) in [7, 11) is 0. The molecule has 1 aromatic rings. The summed E-state index contributed by atoms with van der Waals surface area (Å²) < 4.78 is 5.34. The Morgan fingerprint density at radius 1 is 1.21 bits per heavy atom. The molecule has 24 heavy (non-hydrogen) atoms. The van der Waals surface area contributed by atoms with Crippen LogP contribution >= 0.6 is 0 Å². The summed E-state index contributed by atoms with van der Waals surface area (Å²) in [6.07, 6.45) is 0. The molecule has 1 saturated carbocycles. The topological polar surface area (TPSA) is 78.9 Å². The molecule has 0 unspecified atom stereocenters. The van der Waals surface area contributed by atoms with E-state index >= 15 is 0 Å². The number of hydrogen-bond donors (Lipinski definition) is 2. The summed E-state index contributed by atoms with van der Waals surface area (Å²) in [5, 5.41) is 12.0. The summed E-state index contributed by atoms with van der Waals surface area (Å²) in [6, 6.07) is 7.74. The zero-order valence-electron chi connectivity index (χ0n) is 14.1. The van der Waals surface area contributed by atoms with E-state index in [1.807, 2.05) is 38.1 Å². The van der Waals surface area contributed by atoms with Crippen molar-refractivity contribution in [3.05, 3.63) is 29.8 Å². The standard InChI is InChI=1S/C18H24N2O4/c1-18(2)14(15(18)17(22)23)16(21)19-13-5-3-12(4-6-13)11-20-7-9-24-10-8-20/h3-6,14-15H,7-11H2,1-2H3,(H,19,21)(H,22,23)/t14-,15+/m0/s1. The average Bonchev–Trinajstić information content (AvgIpc) is 3.13. The summed E-state index contributed by atoms with van der Waals surface area (Å²) in [5.41, 5.74) is 1.41. The van der Waals surface area contributed by atoms with E-state index < -0.39 is 23.2 Å². The Morgan fingerprint density at radius 2 is 1.83 bits per heavy atom. The van der Waals surface area contributed by atoms with Gasteiger partial charge in [-0.3, -0.25) is 14.5 Å². The summed E-state index contributed by atoms with van der Waals surface area (Å²) in [4.78, 5) is 25.8. The van der Waals surface area contributed by atoms with Crippen molar-refractivity contribution in [1.29, 1.82) is 0 Å². The van der Waals surface area contributed by atoms with Crippen molar-refractivity contribution in [1.82, 2.24) is 4.90 Å². The van der Waals surface area contributed by atoms with E-state index in [1.165, 1.54) is 5.56 Å². The lowest BCUT2D eigenvalue weighted by atomic mass is 10.1. The van der Waals surface area contributed by atoms with Crippen LogP contribution in [0.5, 0.6) is 0 Å². The average molecular weight is 332 g/mol. The van der Waals surface area contributed by atoms with E-state index in [9.17, 15) is 14.7 Å². The first-order valence-corrected chi connectivity index (χ1v) is 8.32. The minimum Gasteiger partial charge on any atom is -0.481 e. The fourth-order valence-electron chi connectivity index (χ4n) is 3.52. The Bertz CT molecular complexity index is 620. The molecule has 2 N–H and O–H groups in total. The van der Waals surface area contributed by atoms with Gasteiger partial charge in [-0.2, -0.15) is 0 Å². The van der Waals surface area contributed by atoms with Gasteiger partial charge in [-0.25, -0.2) is 0 Å². The molecule has 1 aliphatic heterocycles. The van der Waals surface area contributed by atoms with Crippen LogP contribution in [0, 0.1) is 17.3 Å². The molecule has 0 bridgehead atoms. The highest BCUT2D eigenvalue weighted by molar-refractivity contribution is 5.99. The molecule has 6 heteroatoms. The number of carboxylic acid groups (broad SMARTS) is 1. The second-order valence-corrected chi connectivity index (χ2v) is 7.19. The van der Waals surface area contributed by atoms with Crippen molar-refractivity contribution < 1.29 is 19.4 Å². The quantitative estimate of drug-likeness (QED) is 0.860. The van der Waals surface area contributed by atoms with Crippen LogP contribution in [0.2, 0.25) is 0 Å². The van der Waals surface area contributed by atoms with Gasteiger partial charge in [0, 0.05) is 25.3 Å². The van der Waals surface area contributed by atoms with E-state index in [0.717, 1.165) is 32.8 Å². The SMILES string of the molecule is CC1(C)[C@H](C(=O)Nc2ccc(CN3CCOCC3)cc2)[C@@H]1C(=O)O. The zero-order chi connectivity index (χ0) is 17.3. The van der Waals surface area contributed by atoms with Gasteiger partial charge in [0.25, 0.3) is 0 Å². The number of carboxylic acids is 1. The number of rotatable bonds is 5. The van der Waals surface area contributed by atoms with Gasteiger partial charge in [-0.1, -0.05) is 26.0 Å². The van der Waals surface area contributed by atoms with E-state index in [-0.39, 0.29) is 5.91 Å². The monoisotopic (exact) mass is 332 g/mol. The maximum Gasteiger partial charge on any atom is 0.307 e. The Labute approximate surface area is 141 Å². The van der Waals surface area contributed by atoms with Gasteiger partial charge in [0.2, 0.25) is 5.91 Å². The third-order valence-corrected chi connectivity index (χ3v) is 5.11. The first kappa shape index (κ1) is 16.9. The molecule has 1 aliphatic carbocycles. The largest absolute Gasteiger partial charge is 0.481 e. The third-order valence-electron chi connectivity index (χ3n) is 5.11. The van der Waals surface area contributed by atoms with Gasteiger partial charge in [0.1, 0.15) is 0 Å². The van der Waals surface area contributed by atoms with Crippen LogP contribution in [-0.4, -0.2) is 48.2 Å². The number of carbonyl (C=O) groups excluding carboxylic acids is 1. The molecule has 0 radical (unpaired) electrons. The first-order valence-electron chi connectivity index (χ1n) is 8.32. The molecule has 130 valence electrons. The number of nitrogens with one attached hydrogen (secondary N) is 1. The minimum atomic E-state index is -0.902. The number of nitrogens with zero attached hydrogens (tertiary/aromatic N) is 1. The van der Waals surface area contributed by atoms with Crippen LogP contribution in [0.1, 0.15) is 19.4 Å². The third kappa shape index (κ3) is 3.44. The van der Waals surface area contributed by atoms with Crippen LogP contribution in [0.15, 0.2) is 24.3 Å². The molecular weight excluding hydrogens is 308 g/mol. The molecule has 6 nitrogen and oxygen atoms in total. The van der Waals surface area contributed by atoms with Crippen molar-refractivity contribution in [2.24, 2.45) is 17.3 Å². The van der Waals surface area contributed by atoms with E-state index in [4.69, 9.17) is 4.74 Å². The number of anilines is 1. The molecule has 2 fully saturated rings. The lowest BCUT2D eigenvalue weighted by Crippen LogP contribution is -2.35. The maximum atomic E-state index is 12.3. The van der Waals surface area contributed by atoms with Crippen LogP contribution in [0.3, 0.4) is 0 Å². The van der Waals surface area contributed by atoms with Crippen LogP contribution in [0.25, 0.3) is 0 Å². The molecule has 1 amide bonds. The number of ether oxygens (including phenoxy) is 1. The second kappa shape index (κ2) is 6.53. The van der Waals surface area contributed by atoms with Crippen molar-refractivity contribution in [3.8, 4) is 0 Å². The normalized spacial score (nSPS) is 25.9. The fourth-order valence-corrected chi connectivity index (χ4v) is 3.52. The molecule has 2 atom stereocenters. The molecule has 0 spiro atoms. The maximum absolute atomic E-state index is 12.3. The highest BCUT2D eigenvalue weighted by Gasteiger charge is 2.65. The number of benzene rings is 1. The molecule has 1 heterocycles.